The molecule has 7 nitrogen and oxygen atoms in total. The molecule has 2 heterocycles. The van der Waals surface area contributed by atoms with E-state index in [1.807, 2.05) is 38.1 Å². The number of methoxy groups -OCH3 is 1. The maximum Gasteiger partial charge on any atom is 0.238 e. The molecule has 3 N–H and O–H groups in total. The number of amides is 1. The molecule has 0 aliphatic carbocycles. The van der Waals surface area contributed by atoms with Gasteiger partial charge in [-0.05, 0) is 32.8 Å². The molecule has 0 radical (unpaired) electrons. The van der Waals surface area contributed by atoms with Gasteiger partial charge in [-0.25, -0.2) is 0 Å². The van der Waals surface area contributed by atoms with E-state index in [-0.39, 0.29) is 5.91 Å². The van der Waals surface area contributed by atoms with Gasteiger partial charge in [0.15, 0.2) is 0 Å². The topological polar surface area (TPSA) is 90.5 Å². The molecule has 3 rings (SSSR count). The van der Waals surface area contributed by atoms with Crippen molar-refractivity contribution in [1.29, 1.82) is 0 Å². The minimum atomic E-state index is -0.919. The van der Waals surface area contributed by atoms with E-state index in [2.05, 4.69) is 20.4 Å². The number of H-pyrrole nitrogens is 1. The molecule has 1 fully saturated rings. The van der Waals surface area contributed by atoms with Gasteiger partial charge in [0.25, 0.3) is 0 Å². The van der Waals surface area contributed by atoms with Gasteiger partial charge in [0.05, 0.1) is 36.3 Å². The molecule has 1 aromatic heterocycles. The molecule has 140 valence electrons. The lowest BCUT2D eigenvalue weighted by Gasteiger charge is -2.38. The number of likely N-dealkylation sites (tertiary alicyclic amines) is 1. The summed E-state index contributed by atoms with van der Waals surface area (Å²) in [5, 5.41) is 20.9. The summed E-state index contributed by atoms with van der Waals surface area (Å²) in [5.41, 5.74) is 2.27. The average molecular weight is 358 g/mol. The van der Waals surface area contributed by atoms with Gasteiger partial charge in [-0.15, -0.1) is 0 Å². The summed E-state index contributed by atoms with van der Waals surface area (Å²) in [5.74, 6) is 0.632. The molecule has 26 heavy (non-hydrogen) atoms. The van der Waals surface area contributed by atoms with E-state index in [1.54, 1.807) is 7.11 Å². The third-order valence-electron chi connectivity index (χ3n) is 5.05. The monoisotopic (exact) mass is 358 g/mol. The molecule has 0 bridgehead atoms. The first-order chi connectivity index (χ1) is 12.4. The second-order valence-corrected chi connectivity index (χ2v) is 6.87. The van der Waals surface area contributed by atoms with Gasteiger partial charge < -0.3 is 15.2 Å². The molecule has 7 heteroatoms. The first-order valence-electron chi connectivity index (χ1n) is 8.82. The summed E-state index contributed by atoms with van der Waals surface area (Å²) in [7, 11) is 1.61. The minimum Gasteiger partial charge on any atom is -0.496 e. The first-order valence-corrected chi connectivity index (χ1v) is 8.82. The van der Waals surface area contributed by atoms with Crippen LogP contribution in [-0.4, -0.2) is 52.9 Å². The molecule has 0 saturated carbocycles. The van der Waals surface area contributed by atoms with Crippen LogP contribution in [0.1, 0.15) is 29.8 Å². The highest BCUT2D eigenvalue weighted by Gasteiger charge is 2.36. The number of aryl methyl sites for hydroxylation is 2. The number of anilines is 1. The van der Waals surface area contributed by atoms with E-state index >= 15 is 0 Å². The predicted molar refractivity (Wildman–Crippen MR) is 99.3 cm³/mol. The van der Waals surface area contributed by atoms with Gasteiger partial charge in [-0.2, -0.15) is 5.10 Å². The number of para-hydroxylation sites is 1. The molecule has 1 aromatic carbocycles. The van der Waals surface area contributed by atoms with Gasteiger partial charge in [0.1, 0.15) is 5.75 Å². The Labute approximate surface area is 153 Å². The largest absolute Gasteiger partial charge is 0.496 e. The van der Waals surface area contributed by atoms with E-state index in [0.717, 1.165) is 22.6 Å². The summed E-state index contributed by atoms with van der Waals surface area (Å²) in [6.45, 7) is 5.32. The fourth-order valence-electron chi connectivity index (χ4n) is 3.50. The van der Waals surface area contributed by atoms with Crippen molar-refractivity contribution in [2.24, 2.45) is 0 Å². The Morgan fingerprint density at radius 1 is 1.35 bits per heavy atom. The Morgan fingerprint density at radius 3 is 2.65 bits per heavy atom. The van der Waals surface area contributed by atoms with E-state index in [9.17, 15) is 9.90 Å². The summed E-state index contributed by atoms with van der Waals surface area (Å²) in [6.07, 6.45) is 1.12. The van der Waals surface area contributed by atoms with Crippen LogP contribution >= 0.6 is 0 Å². The van der Waals surface area contributed by atoms with Crippen molar-refractivity contribution in [3.63, 3.8) is 0 Å². The SMILES string of the molecule is COc1ccccc1C1(O)CCN(CC(=O)Nc2c(C)n[nH]c2C)CC1. The van der Waals surface area contributed by atoms with Crippen molar-refractivity contribution in [2.75, 3.05) is 32.1 Å². The van der Waals surface area contributed by atoms with Crippen molar-refractivity contribution in [1.82, 2.24) is 15.1 Å². The molecule has 2 aromatic rings. The van der Waals surface area contributed by atoms with Gasteiger partial charge in [-0.3, -0.25) is 14.8 Å². The quantitative estimate of drug-likeness (QED) is 0.760. The molecular formula is C19H26N4O3. The Balaban J connectivity index is 1.59. The Bertz CT molecular complexity index is 759. The number of nitrogens with zero attached hydrogens (tertiary/aromatic N) is 2. The minimum absolute atomic E-state index is 0.0691. The smallest absolute Gasteiger partial charge is 0.238 e. The lowest BCUT2D eigenvalue weighted by molar-refractivity contribution is -0.118. The number of aromatic amines is 1. The number of ether oxygens (including phenoxy) is 1. The van der Waals surface area contributed by atoms with Crippen LogP contribution in [0.25, 0.3) is 0 Å². The maximum atomic E-state index is 12.3. The molecule has 1 amide bonds. The van der Waals surface area contributed by atoms with Gasteiger partial charge in [0.2, 0.25) is 5.91 Å². The van der Waals surface area contributed by atoms with E-state index in [0.29, 0.717) is 38.2 Å². The van der Waals surface area contributed by atoms with Crippen LogP contribution in [0.4, 0.5) is 5.69 Å². The molecular weight excluding hydrogens is 332 g/mol. The third-order valence-corrected chi connectivity index (χ3v) is 5.05. The Morgan fingerprint density at radius 2 is 2.04 bits per heavy atom. The molecule has 0 atom stereocenters. The average Bonchev–Trinajstić information content (AvgIpc) is 2.95. The standard InChI is InChI=1S/C19H26N4O3/c1-13-18(14(2)22-21-13)20-17(24)12-23-10-8-19(25,9-11-23)15-6-4-5-7-16(15)26-3/h4-7,25H,8-12H2,1-3H3,(H,20,24)(H,21,22). The number of piperidine rings is 1. The highest BCUT2D eigenvalue weighted by Crippen LogP contribution is 2.37. The van der Waals surface area contributed by atoms with Crippen LogP contribution in [0, 0.1) is 13.8 Å². The van der Waals surface area contributed by atoms with Gasteiger partial charge in [0, 0.05) is 18.7 Å². The van der Waals surface area contributed by atoms with E-state index < -0.39 is 5.60 Å². The summed E-state index contributed by atoms with van der Waals surface area (Å²) < 4.78 is 5.39. The lowest BCUT2D eigenvalue weighted by Crippen LogP contribution is -2.45. The van der Waals surface area contributed by atoms with Crippen molar-refractivity contribution >= 4 is 11.6 Å². The molecule has 1 aliphatic rings. The number of aliphatic hydroxyl groups is 1. The Hall–Kier alpha value is -2.38. The highest BCUT2D eigenvalue weighted by molar-refractivity contribution is 5.93. The zero-order valence-corrected chi connectivity index (χ0v) is 15.5. The van der Waals surface area contributed by atoms with Crippen LogP contribution < -0.4 is 10.1 Å². The van der Waals surface area contributed by atoms with Crippen LogP contribution in [0.3, 0.4) is 0 Å². The zero-order valence-electron chi connectivity index (χ0n) is 15.5. The molecule has 1 saturated heterocycles. The summed E-state index contributed by atoms with van der Waals surface area (Å²) >= 11 is 0. The summed E-state index contributed by atoms with van der Waals surface area (Å²) in [6, 6.07) is 7.57. The zero-order chi connectivity index (χ0) is 18.7. The molecule has 0 unspecified atom stereocenters. The first kappa shape index (κ1) is 18.4. The van der Waals surface area contributed by atoms with Crippen LogP contribution in [0.2, 0.25) is 0 Å². The fraction of sp³-hybridized carbons (Fsp3) is 0.474. The van der Waals surface area contributed by atoms with Gasteiger partial charge >= 0.3 is 0 Å². The van der Waals surface area contributed by atoms with Crippen LogP contribution in [-0.2, 0) is 10.4 Å². The van der Waals surface area contributed by atoms with Crippen LogP contribution in [0.15, 0.2) is 24.3 Å². The van der Waals surface area contributed by atoms with Crippen LogP contribution in [0.5, 0.6) is 5.75 Å². The van der Waals surface area contributed by atoms with Crippen molar-refractivity contribution < 1.29 is 14.6 Å². The maximum absolute atomic E-state index is 12.3. The van der Waals surface area contributed by atoms with Crippen molar-refractivity contribution in [3.8, 4) is 5.75 Å². The predicted octanol–water partition coefficient (Wildman–Crippen LogP) is 1.96. The number of carbonyl (C=O) groups is 1. The Kier molecular flexibility index (Phi) is 5.29. The van der Waals surface area contributed by atoms with E-state index in [1.165, 1.54) is 0 Å². The second-order valence-electron chi connectivity index (χ2n) is 6.87. The number of benzene rings is 1. The number of aromatic nitrogens is 2. The number of hydrogen-bond acceptors (Lipinski definition) is 5. The van der Waals surface area contributed by atoms with Gasteiger partial charge in [-0.1, -0.05) is 18.2 Å². The normalized spacial score (nSPS) is 17.1. The fourth-order valence-corrected chi connectivity index (χ4v) is 3.50. The number of carbonyl (C=O) groups excluding carboxylic acids is 1. The molecule has 1 aliphatic heterocycles. The number of rotatable bonds is 5. The number of nitrogens with one attached hydrogen (secondary N) is 2. The van der Waals surface area contributed by atoms with E-state index in [4.69, 9.17) is 4.74 Å². The van der Waals surface area contributed by atoms with Crippen molar-refractivity contribution in [2.45, 2.75) is 32.3 Å². The third kappa shape index (κ3) is 3.73. The lowest BCUT2D eigenvalue weighted by atomic mass is 9.84. The number of hydrogen-bond donors (Lipinski definition) is 3. The second kappa shape index (κ2) is 7.47. The van der Waals surface area contributed by atoms with Crippen molar-refractivity contribution in [3.05, 3.63) is 41.2 Å². The highest BCUT2D eigenvalue weighted by atomic mass is 16.5. The summed E-state index contributed by atoms with van der Waals surface area (Å²) in [4.78, 5) is 14.4. The molecule has 0 spiro atoms.